The number of nitrogens with zero attached hydrogens (tertiary/aromatic N) is 2. The van der Waals surface area contributed by atoms with Crippen molar-refractivity contribution in [3.05, 3.63) is 59.9 Å². The Balaban J connectivity index is 1.85. The molecule has 2 N–H and O–H groups in total. The summed E-state index contributed by atoms with van der Waals surface area (Å²) >= 11 is 0. The number of nitrogens with one attached hydrogen (secondary N) is 2. The minimum absolute atomic E-state index is 0.242. The minimum Gasteiger partial charge on any atom is -0.493 e. The second-order valence-electron chi connectivity index (χ2n) is 4.71. The lowest BCUT2D eigenvalue weighted by atomic mass is 10.2. The minimum atomic E-state index is -0.839. The summed E-state index contributed by atoms with van der Waals surface area (Å²) in [5.74, 6) is -0.948. The molecule has 124 valence electrons. The number of aromatic nitrogens is 1. The van der Waals surface area contributed by atoms with Crippen LogP contribution in [0.4, 0.5) is 0 Å². The maximum absolute atomic E-state index is 11.7. The summed E-state index contributed by atoms with van der Waals surface area (Å²) in [5, 5.41) is 6.29. The van der Waals surface area contributed by atoms with Crippen molar-refractivity contribution in [2.24, 2.45) is 5.10 Å². The van der Waals surface area contributed by atoms with Gasteiger partial charge in [0.25, 0.3) is 0 Å². The van der Waals surface area contributed by atoms with Gasteiger partial charge in [0.1, 0.15) is 5.75 Å². The number of para-hydroxylation sites is 1. The van der Waals surface area contributed by atoms with Crippen molar-refractivity contribution in [1.82, 2.24) is 15.7 Å². The lowest BCUT2D eigenvalue weighted by Gasteiger charge is -2.06. The van der Waals surface area contributed by atoms with E-state index in [4.69, 9.17) is 4.74 Å². The fourth-order valence-corrected chi connectivity index (χ4v) is 1.85. The first-order valence-corrected chi connectivity index (χ1v) is 7.42. The summed E-state index contributed by atoms with van der Waals surface area (Å²) in [7, 11) is 0. The molecule has 0 radical (unpaired) electrons. The highest BCUT2D eigenvalue weighted by Crippen LogP contribution is 2.15. The zero-order valence-corrected chi connectivity index (χ0v) is 13.2. The number of rotatable bonds is 6. The molecule has 0 saturated carbocycles. The van der Waals surface area contributed by atoms with Crippen molar-refractivity contribution < 1.29 is 14.3 Å². The molecule has 0 unspecified atom stereocenters. The van der Waals surface area contributed by atoms with Crippen LogP contribution >= 0.6 is 0 Å². The highest BCUT2D eigenvalue weighted by atomic mass is 16.5. The zero-order valence-electron chi connectivity index (χ0n) is 13.2. The molecule has 2 aromatic rings. The van der Waals surface area contributed by atoms with E-state index in [0.29, 0.717) is 17.9 Å². The van der Waals surface area contributed by atoms with E-state index in [1.54, 1.807) is 36.7 Å². The van der Waals surface area contributed by atoms with Crippen molar-refractivity contribution in [1.29, 1.82) is 0 Å². The maximum Gasteiger partial charge on any atom is 0.329 e. The number of amides is 2. The third kappa shape index (κ3) is 5.20. The summed E-state index contributed by atoms with van der Waals surface area (Å²) in [6.45, 7) is 2.64. The van der Waals surface area contributed by atoms with Gasteiger partial charge >= 0.3 is 11.8 Å². The van der Waals surface area contributed by atoms with Crippen LogP contribution in [0.3, 0.4) is 0 Å². The van der Waals surface area contributed by atoms with E-state index < -0.39 is 11.8 Å². The molecule has 0 saturated heterocycles. The number of hydrazone groups is 1. The fraction of sp³-hybridized carbons (Fsp3) is 0.176. The van der Waals surface area contributed by atoms with Gasteiger partial charge in [-0.3, -0.25) is 14.6 Å². The van der Waals surface area contributed by atoms with Crippen LogP contribution in [0.2, 0.25) is 0 Å². The molecule has 7 nitrogen and oxygen atoms in total. The average molecular weight is 326 g/mol. The Morgan fingerprint density at radius 3 is 2.67 bits per heavy atom. The summed E-state index contributed by atoms with van der Waals surface area (Å²) in [6.07, 6.45) is 4.66. The van der Waals surface area contributed by atoms with E-state index in [9.17, 15) is 9.59 Å². The molecular weight excluding hydrogens is 308 g/mol. The number of ether oxygens (including phenoxy) is 1. The molecule has 0 bridgehead atoms. The third-order valence-corrected chi connectivity index (χ3v) is 3.00. The van der Waals surface area contributed by atoms with Crippen molar-refractivity contribution in [2.75, 3.05) is 6.61 Å². The van der Waals surface area contributed by atoms with Gasteiger partial charge in [-0.15, -0.1) is 0 Å². The average Bonchev–Trinajstić information content (AvgIpc) is 2.62. The van der Waals surface area contributed by atoms with E-state index in [-0.39, 0.29) is 6.54 Å². The van der Waals surface area contributed by atoms with Gasteiger partial charge in [0.15, 0.2) is 0 Å². The lowest BCUT2D eigenvalue weighted by Crippen LogP contribution is -2.37. The molecule has 0 atom stereocenters. The Morgan fingerprint density at radius 1 is 1.17 bits per heavy atom. The van der Waals surface area contributed by atoms with E-state index in [2.05, 4.69) is 20.8 Å². The normalized spacial score (nSPS) is 10.4. The van der Waals surface area contributed by atoms with E-state index in [1.807, 2.05) is 19.1 Å². The van der Waals surface area contributed by atoms with Gasteiger partial charge in [0, 0.05) is 24.5 Å². The molecule has 24 heavy (non-hydrogen) atoms. The maximum atomic E-state index is 11.7. The monoisotopic (exact) mass is 326 g/mol. The molecule has 0 aliphatic rings. The van der Waals surface area contributed by atoms with Crippen LogP contribution in [0.5, 0.6) is 5.75 Å². The van der Waals surface area contributed by atoms with Gasteiger partial charge in [-0.1, -0.05) is 12.1 Å². The third-order valence-electron chi connectivity index (χ3n) is 3.00. The second-order valence-corrected chi connectivity index (χ2v) is 4.71. The SMILES string of the molecule is CCOc1ccccc1/C=N\NC(=O)C(=O)NCc1ccncc1. The Kier molecular flexibility index (Phi) is 6.46. The van der Waals surface area contributed by atoms with Gasteiger partial charge in [0.2, 0.25) is 0 Å². The summed E-state index contributed by atoms with van der Waals surface area (Å²) in [6, 6.07) is 10.8. The summed E-state index contributed by atoms with van der Waals surface area (Å²) in [4.78, 5) is 27.3. The zero-order chi connectivity index (χ0) is 17.2. The largest absolute Gasteiger partial charge is 0.493 e. The second kappa shape index (κ2) is 9.04. The topological polar surface area (TPSA) is 92.7 Å². The predicted octanol–water partition coefficient (Wildman–Crippen LogP) is 1.25. The van der Waals surface area contributed by atoms with Crippen LogP contribution in [-0.2, 0) is 16.1 Å². The van der Waals surface area contributed by atoms with Crippen LogP contribution in [0, 0.1) is 0 Å². The Labute approximate surface area is 139 Å². The molecule has 0 aliphatic heterocycles. The standard InChI is InChI=1S/C17H18N4O3/c1-2-24-15-6-4-3-5-14(15)12-20-21-17(23)16(22)19-11-13-7-9-18-10-8-13/h3-10,12H,2,11H2,1H3,(H,19,22)(H,21,23)/b20-12-. The predicted molar refractivity (Wildman–Crippen MR) is 89.4 cm³/mol. The van der Waals surface area contributed by atoms with Gasteiger partial charge in [-0.05, 0) is 36.8 Å². The molecular formula is C17H18N4O3. The Morgan fingerprint density at radius 2 is 1.92 bits per heavy atom. The van der Waals surface area contributed by atoms with Gasteiger partial charge in [-0.25, -0.2) is 5.43 Å². The van der Waals surface area contributed by atoms with Crippen molar-refractivity contribution in [3.8, 4) is 5.75 Å². The number of carbonyl (C=O) groups excluding carboxylic acids is 2. The smallest absolute Gasteiger partial charge is 0.329 e. The van der Waals surface area contributed by atoms with E-state index in [1.165, 1.54) is 6.21 Å². The first kappa shape index (κ1) is 17.1. The number of pyridine rings is 1. The molecule has 7 heteroatoms. The quantitative estimate of drug-likeness (QED) is 0.475. The summed E-state index contributed by atoms with van der Waals surface area (Å²) in [5.41, 5.74) is 3.74. The van der Waals surface area contributed by atoms with Crippen LogP contribution in [0.25, 0.3) is 0 Å². The van der Waals surface area contributed by atoms with E-state index >= 15 is 0 Å². The summed E-state index contributed by atoms with van der Waals surface area (Å²) < 4.78 is 5.44. The van der Waals surface area contributed by atoms with Crippen molar-refractivity contribution in [2.45, 2.75) is 13.5 Å². The van der Waals surface area contributed by atoms with Crippen molar-refractivity contribution in [3.63, 3.8) is 0 Å². The highest BCUT2D eigenvalue weighted by molar-refractivity contribution is 6.35. The molecule has 0 spiro atoms. The van der Waals surface area contributed by atoms with Gasteiger partial charge in [0.05, 0.1) is 12.8 Å². The van der Waals surface area contributed by atoms with Crippen LogP contribution in [0.15, 0.2) is 53.9 Å². The lowest BCUT2D eigenvalue weighted by molar-refractivity contribution is -0.139. The molecule has 2 amide bonds. The van der Waals surface area contributed by atoms with Crippen molar-refractivity contribution >= 4 is 18.0 Å². The fourth-order valence-electron chi connectivity index (χ4n) is 1.85. The molecule has 1 heterocycles. The van der Waals surface area contributed by atoms with Gasteiger partial charge in [-0.2, -0.15) is 5.10 Å². The Hall–Kier alpha value is -3.22. The number of hydrogen-bond acceptors (Lipinski definition) is 5. The molecule has 0 fully saturated rings. The Bertz CT molecular complexity index is 717. The van der Waals surface area contributed by atoms with Crippen LogP contribution in [-0.4, -0.2) is 29.6 Å². The van der Waals surface area contributed by atoms with Crippen LogP contribution < -0.4 is 15.5 Å². The van der Waals surface area contributed by atoms with Gasteiger partial charge < -0.3 is 10.1 Å². The number of hydrogen-bond donors (Lipinski definition) is 2. The first-order chi connectivity index (χ1) is 11.7. The highest BCUT2D eigenvalue weighted by Gasteiger charge is 2.11. The number of carbonyl (C=O) groups is 2. The number of benzene rings is 1. The molecule has 0 aliphatic carbocycles. The molecule has 1 aromatic heterocycles. The van der Waals surface area contributed by atoms with Crippen LogP contribution in [0.1, 0.15) is 18.1 Å². The first-order valence-electron chi connectivity index (χ1n) is 7.42. The molecule has 1 aromatic carbocycles. The van der Waals surface area contributed by atoms with E-state index in [0.717, 1.165) is 5.56 Å². The molecule has 2 rings (SSSR count).